The van der Waals surface area contributed by atoms with Crippen molar-refractivity contribution in [2.45, 2.75) is 113 Å². The van der Waals surface area contributed by atoms with Crippen LogP contribution in [-0.2, 0) is 4.79 Å². The fourth-order valence-corrected chi connectivity index (χ4v) is 9.83. The second kappa shape index (κ2) is 6.26. The van der Waals surface area contributed by atoms with Crippen LogP contribution < -0.4 is 0 Å². The summed E-state index contributed by atoms with van der Waals surface area (Å²) in [5, 5.41) is 0. The molecule has 4 fully saturated rings. The van der Waals surface area contributed by atoms with Crippen molar-refractivity contribution in [3.63, 3.8) is 0 Å². The minimum atomic E-state index is -0.148. The molecule has 0 radical (unpaired) electrons. The molecular weight excluding hydrogens is 364 g/mol. The summed E-state index contributed by atoms with van der Waals surface area (Å²) in [5.74, 6) is 3.53. The molecule has 0 spiro atoms. The average Bonchev–Trinajstić information content (AvgIpc) is 2.66. The van der Waals surface area contributed by atoms with Gasteiger partial charge in [-0.2, -0.15) is 0 Å². The van der Waals surface area contributed by atoms with E-state index in [4.69, 9.17) is 0 Å². The van der Waals surface area contributed by atoms with Gasteiger partial charge in [-0.25, -0.2) is 0 Å². The van der Waals surface area contributed by atoms with Crippen molar-refractivity contribution in [1.29, 1.82) is 0 Å². The van der Waals surface area contributed by atoms with Gasteiger partial charge in [0.15, 0.2) is 0 Å². The van der Waals surface area contributed by atoms with E-state index in [0.29, 0.717) is 39.3 Å². The van der Waals surface area contributed by atoms with Crippen molar-refractivity contribution in [3.05, 3.63) is 11.6 Å². The number of hydrogen-bond acceptors (Lipinski definition) is 1. The molecule has 5 aliphatic carbocycles. The van der Waals surface area contributed by atoms with Crippen LogP contribution in [0.5, 0.6) is 0 Å². The number of hydrogen-bond donors (Lipinski definition) is 0. The van der Waals surface area contributed by atoms with Crippen LogP contribution in [0, 0.1) is 50.7 Å². The smallest absolute Gasteiger partial charge is 0.138 e. The van der Waals surface area contributed by atoms with Gasteiger partial charge in [0.25, 0.3) is 0 Å². The molecule has 1 nitrogen and oxygen atoms in total. The van der Waals surface area contributed by atoms with Crippen LogP contribution in [-0.4, -0.2) is 5.78 Å². The standard InChI is InChI=1S/C29H46O/c1-25(2)14-15-27(5)16-17-28(6)19-10-11-23-26(3,4)24(30)12-13-29(23,7)20(19)8-9-21(28)22(27)18-25/h10,20-23H,8-9,11-18H2,1-7H3/t20-,21+,22-,23-,27+,28-,29+/m0/s1. The van der Waals surface area contributed by atoms with Gasteiger partial charge >= 0.3 is 0 Å². The molecule has 7 atom stereocenters. The Morgan fingerprint density at radius 1 is 0.833 bits per heavy atom. The molecule has 5 aliphatic rings. The number of carbonyl (C=O) groups excluding carboxylic acids is 1. The van der Waals surface area contributed by atoms with Crippen LogP contribution in [0.2, 0.25) is 0 Å². The Labute approximate surface area is 185 Å². The van der Waals surface area contributed by atoms with E-state index in [2.05, 4.69) is 54.5 Å². The van der Waals surface area contributed by atoms with Gasteiger partial charge < -0.3 is 0 Å². The molecule has 0 aromatic carbocycles. The zero-order valence-electron chi connectivity index (χ0n) is 20.9. The fourth-order valence-electron chi connectivity index (χ4n) is 9.83. The van der Waals surface area contributed by atoms with E-state index >= 15 is 0 Å². The second-order valence-electron chi connectivity index (χ2n) is 14.4. The molecule has 0 aromatic heterocycles. The molecule has 0 unspecified atom stereocenters. The third-order valence-corrected chi connectivity index (χ3v) is 12.0. The van der Waals surface area contributed by atoms with E-state index in [-0.39, 0.29) is 5.41 Å². The van der Waals surface area contributed by atoms with E-state index in [0.717, 1.165) is 31.1 Å². The van der Waals surface area contributed by atoms with Gasteiger partial charge in [0, 0.05) is 11.8 Å². The molecule has 0 amide bonds. The van der Waals surface area contributed by atoms with Crippen LogP contribution in [0.25, 0.3) is 0 Å². The van der Waals surface area contributed by atoms with Crippen molar-refractivity contribution in [3.8, 4) is 0 Å². The van der Waals surface area contributed by atoms with Crippen LogP contribution in [0.4, 0.5) is 0 Å². The number of fused-ring (bicyclic) bond motifs is 7. The monoisotopic (exact) mass is 410 g/mol. The maximum absolute atomic E-state index is 12.8. The molecule has 0 heterocycles. The maximum Gasteiger partial charge on any atom is 0.138 e. The number of rotatable bonds is 0. The molecule has 0 aromatic rings. The Kier molecular flexibility index (Phi) is 4.43. The average molecular weight is 411 g/mol. The summed E-state index contributed by atoms with van der Waals surface area (Å²) in [6.45, 7) is 17.4. The second-order valence-corrected chi connectivity index (χ2v) is 14.4. The van der Waals surface area contributed by atoms with Gasteiger partial charge in [-0.1, -0.05) is 60.1 Å². The Morgan fingerprint density at radius 2 is 1.53 bits per heavy atom. The third kappa shape index (κ3) is 2.68. The van der Waals surface area contributed by atoms with Gasteiger partial charge in [0.2, 0.25) is 0 Å². The van der Waals surface area contributed by atoms with Crippen LogP contribution in [0.1, 0.15) is 113 Å². The lowest BCUT2D eigenvalue weighted by Crippen LogP contribution is -2.59. The van der Waals surface area contributed by atoms with Gasteiger partial charge in [-0.3, -0.25) is 4.79 Å². The highest BCUT2D eigenvalue weighted by molar-refractivity contribution is 5.85. The molecule has 0 saturated heterocycles. The molecule has 1 heteroatoms. The molecule has 0 N–H and O–H groups in total. The van der Waals surface area contributed by atoms with Crippen molar-refractivity contribution < 1.29 is 4.79 Å². The largest absolute Gasteiger partial charge is 0.299 e. The first-order chi connectivity index (χ1) is 13.8. The zero-order valence-corrected chi connectivity index (χ0v) is 20.9. The lowest BCUT2D eigenvalue weighted by molar-refractivity contribution is -0.148. The first-order valence-corrected chi connectivity index (χ1v) is 13.1. The summed E-state index contributed by atoms with van der Waals surface area (Å²) in [4.78, 5) is 12.8. The highest BCUT2D eigenvalue weighted by atomic mass is 16.1. The summed E-state index contributed by atoms with van der Waals surface area (Å²) in [6.07, 6.45) is 15.6. The maximum atomic E-state index is 12.8. The molecule has 0 aliphatic heterocycles. The van der Waals surface area contributed by atoms with Gasteiger partial charge in [0.05, 0.1) is 0 Å². The van der Waals surface area contributed by atoms with Gasteiger partial charge in [-0.15, -0.1) is 0 Å². The van der Waals surface area contributed by atoms with E-state index in [1.54, 1.807) is 0 Å². The quantitative estimate of drug-likeness (QED) is 0.370. The van der Waals surface area contributed by atoms with Gasteiger partial charge in [0.1, 0.15) is 5.78 Å². The Bertz CT molecular complexity index is 786. The molecule has 4 saturated carbocycles. The van der Waals surface area contributed by atoms with E-state index in [1.807, 2.05) is 5.57 Å². The van der Waals surface area contributed by atoms with Crippen molar-refractivity contribution in [2.24, 2.45) is 50.7 Å². The molecule has 5 rings (SSSR count). The zero-order chi connectivity index (χ0) is 21.7. The molecule has 168 valence electrons. The number of carbonyl (C=O) groups is 1. The van der Waals surface area contributed by atoms with Crippen molar-refractivity contribution in [2.75, 3.05) is 0 Å². The molecule has 30 heavy (non-hydrogen) atoms. The Hall–Kier alpha value is -0.590. The van der Waals surface area contributed by atoms with E-state index < -0.39 is 0 Å². The van der Waals surface area contributed by atoms with Gasteiger partial charge in [-0.05, 0) is 103 Å². The summed E-state index contributed by atoms with van der Waals surface area (Å²) in [5.41, 5.74) is 3.51. The lowest BCUT2D eigenvalue weighted by Gasteiger charge is -2.66. The van der Waals surface area contributed by atoms with Crippen molar-refractivity contribution in [1.82, 2.24) is 0 Å². The molecular formula is C29H46O. The van der Waals surface area contributed by atoms with Crippen LogP contribution in [0.15, 0.2) is 11.6 Å². The van der Waals surface area contributed by atoms with Crippen molar-refractivity contribution >= 4 is 5.78 Å². The number of Topliss-reactive ketones (excluding diaryl/α,β-unsaturated/α-hetero) is 1. The Balaban J connectivity index is 1.53. The first-order valence-electron chi connectivity index (χ1n) is 13.1. The van der Waals surface area contributed by atoms with Crippen LogP contribution >= 0.6 is 0 Å². The summed E-state index contributed by atoms with van der Waals surface area (Å²) >= 11 is 0. The highest BCUT2D eigenvalue weighted by Crippen LogP contribution is 2.71. The summed E-state index contributed by atoms with van der Waals surface area (Å²) in [6, 6.07) is 0. The SMILES string of the molecule is CC1(C)CC[C@]2(C)CC[C@@]3(C)C4=CC[C@H]5C(C)(C)C(=O)CC[C@]5(C)[C@H]4CC[C@@H]3[C@@H]2C1. The first kappa shape index (κ1) is 21.3. The fraction of sp³-hybridized carbons (Fsp3) is 0.897. The highest BCUT2D eigenvalue weighted by Gasteiger charge is 2.63. The van der Waals surface area contributed by atoms with E-state index in [1.165, 1.54) is 44.9 Å². The minimum Gasteiger partial charge on any atom is -0.299 e. The topological polar surface area (TPSA) is 17.1 Å². The number of allylic oxidation sites excluding steroid dienone is 2. The predicted molar refractivity (Wildman–Crippen MR) is 125 cm³/mol. The number of ketones is 1. The van der Waals surface area contributed by atoms with E-state index in [9.17, 15) is 4.79 Å². The minimum absolute atomic E-state index is 0.148. The molecule has 0 bridgehead atoms. The van der Waals surface area contributed by atoms with Crippen LogP contribution in [0.3, 0.4) is 0 Å². The summed E-state index contributed by atoms with van der Waals surface area (Å²) in [7, 11) is 0. The Morgan fingerprint density at radius 3 is 2.27 bits per heavy atom. The predicted octanol–water partition coefficient (Wildman–Crippen LogP) is 7.99. The summed E-state index contributed by atoms with van der Waals surface area (Å²) < 4.78 is 0. The third-order valence-electron chi connectivity index (χ3n) is 12.0. The lowest BCUT2D eigenvalue weighted by atomic mass is 9.38. The normalized spacial score (nSPS) is 51.7.